The van der Waals surface area contributed by atoms with Gasteiger partial charge in [0, 0.05) is 27.7 Å². The van der Waals surface area contributed by atoms with Gasteiger partial charge in [0.2, 0.25) is 0 Å². The fourth-order valence-electron chi connectivity index (χ4n) is 5.42. The highest BCUT2D eigenvalue weighted by atomic mass is 16.5. The maximum absolute atomic E-state index is 10.3. The van der Waals surface area contributed by atoms with Crippen molar-refractivity contribution in [2.24, 2.45) is 0 Å². The molecule has 5 heterocycles. The minimum absolute atomic E-state index is 0.450. The summed E-state index contributed by atoms with van der Waals surface area (Å²) >= 11 is 0. The van der Waals surface area contributed by atoms with E-state index in [4.69, 9.17) is 19.4 Å². The molecule has 0 fully saturated rings. The zero-order chi connectivity index (χ0) is 28.6. The maximum Gasteiger partial charge on any atom is 0.119 e. The van der Waals surface area contributed by atoms with Crippen LogP contribution >= 0.6 is 0 Å². The second-order valence-electron chi connectivity index (χ2n) is 9.93. The molecule has 0 saturated heterocycles. The summed E-state index contributed by atoms with van der Waals surface area (Å²) < 4.78 is 11.0. The number of nitrogens with one attached hydrogen (secondary N) is 2. The molecule has 2 aliphatic rings. The van der Waals surface area contributed by atoms with Crippen LogP contribution in [0.4, 0.5) is 0 Å². The molecule has 42 heavy (non-hydrogen) atoms. The van der Waals surface area contributed by atoms with E-state index in [9.17, 15) is 5.26 Å². The van der Waals surface area contributed by atoms with Gasteiger partial charge >= 0.3 is 0 Å². The van der Waals surface area contributed by atoms with E-state index in [1.54, 1.807) is 14.2 Å². The monoisotopic (exact) mass is 547 g/mol. The zero-order valence-electron chi connectivity index (χ0n) is 23.0. The van der Waals surface area contributed by atoms with Crippen molar-refractivity contribution in [1.82, 2.24) is 19.9 Å². The minimum Gasteiger partial charge on any atom is -0.497 e. The molecule has 5 aromatic rings. The number of hydrogen-bond donors (Lipinski definition) is 2. The Hall–Kier alpha value is -5.87. The summed E-state index contributed by atoms with van der Waals surface area (Å²) in [6.07, 6.45) is 7.85. The normalized spacial score (nSPS) is 11.8. The summed E-state index contributed by atoms with van der Waals surface area (Å²) in [6, 6.07) is 28.1. The van der Waals surface area contributed by atoms with Crippen molar-refractivity contribution >= 4 is 46.4 Å². The maximum atomic E-state index is 10.3. The molecule has 2 aromatic carbocycles. The smallest absolute Gasteiger partial charge is 0.119 e. The molecule has 0 unspecified atom stereocenters. The highest BCUT2D eigenvalue weighted by molar-refractivity contribution is 5.94. The first-order valence-electron chi connectivity index (χ1n) is 13.5. The van der Waals surface area contributed by atoms with Crippen LogP contribution in [-0.4, -0.2) is 34.2 Å². The first-order chi connectivity index (χ1) is 20.6. The molecule has 0 spiro atoms. The number of rotatable bonds is 4. The SMILES string of the molecule is COc1cccc(-c2c3nc(c(C#N)c4ccc([nH]4)c(-c4cccc(OC)c4)c4nc(cc5ccc2[nH]5)C=C4)C=C3)c1. The Labute approximate surface area is 242 Å². The summed E-state index contributed by atoms with van der Waals surface area (Å²) in [4.78, 5) is 17.0. The Bertz CT molecular complexity index is 2100. The molecular weight excluding hydrogens is 522 g/mol. The molecule has 2 N–H and O–H groups in total. The predicted octanol–water partition coefficient (Wildman–Crippen LogP) is 7.88. The van der Waals surface area contributed by atoms with Crippen LogP contribution in [0.1, 0.15) is 28.3 Å². The highest BCUT2D eigenvalue weighted by Crippen LogP contribution is 2.35. The quantitative estimate of drug-likeness (QED) is 0.233. The third-order valence-electron chi connectivity index (χ3n) is 7.40. The van der Waals surface area contributed by atoms with Crippen LogP contribution in [0.15, 0.2) is 78.9 Å². The van der Waals surface area contributed by atoms with Crippen molar-refractivity contribution in [3.63, 3.8) is 0 Å². The van der Waals surface area contributed by atoms with Crippen LogP contribution in [0, 0.1) is 11.3 Å². The zero-order valence-corrected chi connectivity index (χ0v) is 23.0. The van der Waals surface area contributed by atoms with E-state index in [1.807, 2.05) is 103 Å². The van der Waals surface area contributed by atoms with E-state index in [1.165, 1.54) is 0 Å². The van der Waals surface area contributed by atoms with E-state index in [0.29, 0.717) is 16.8 Å². The summed E-state index contributed by atoms with van der Waals surface area (Å²) in [5.74, 6) is 1.49. The number of methoxy groups -OCH3 is 2. The first kappa shape index (κ1) is 25.1. The molecule has 0 radical (unpaired) electrons. The van der Waals surface area contributed by atoms with E-state index in [-0.39, 0.29) is 0 Å². The van der Waals surface area contributed by atoms with E-state index < -0.39 is 0 Å². The molecule has 7 heteroatoms. The lowest BCUT2D eigenvalue weighted by atomic mass is 10.0. The molecule has 202 valence electrons. The minimum atomic E-state index is 0.450. The summed E-state index contributed by atoms with van der Waals surface area (Å²) in [5.41, 5.74) is 10.4. The van der Waals surface area contributed by atoms with Crippen molar-refractivity contribution in [3.8, 4) is 39.8 Å². The van der Waals surface area contributed by atoms with Gasteiger partial charge < -0.3 is 19.4 Å². The van der Waals surface area contributed by atoms with Crippen molar-refractivity contribution in [2.45, 2.75) is 0 Å². The Morgan fingerprint density at radius 3 is 1.90 bits per heavy atom. The van der Waals surface area contributed by atoms with Crippen LogP contribution in [0.5, 0.6) is 11.5 Å². The van der Waals surface area contributed by atoms with Gasteiger partial charge in [0.25, 0.3) is 0 Å². The third-order valence-corrected chi connectivity index (χ3v) is 7.40. The van der Waals surface area contributed by atoms with Crippen molar-refractivity contribution < 1.29 is 9.47 Å². The van der Waals surface area contributed by atoms with E-state index >= 15 is 0 Å². The average molecular weight is 548 g/mol. The molecule has 2 aliphatic heterocycles. The van der Waals surface area contributed by atoms with Gasteiger partial charge in [0.1, 0.15) is 23.1 Å². The molecule has 0 amide bonds. The summed E-state index contributed by atoms with van der Waals surface area (Å²) in [5, 5.41) is 10.3. The van der Waals surface area contributed by atoms with E-state index in [2.05, 4.69) is 16.0 Å². The van der Waals surface area contributed by atoms with Crippen molar-refractivity contribution in [3.05, 3.63) is 107 Å². The number of aromatic nitrogens is 4. The molecule has 0 saturated carbocycles. The number of fused-ring (bicyclic) bond motifs is 8. The first-order valence-corrected chi connectivity index (χ1v) is 13.5. The number of hydrogen-bond acceptors (Lipinski definition) is 5. The van der Waals surface area contributed by atoms with Crippen molar-refractivity contribution in [1.29, 1.82) is 5.26 Å². The summed E-state index contributed by atoms with van der Waals surface area (Å²) in [6.45, 7) is 0. The molecule has 8 bridgehead atoms. The molecule has 3 aromatic heterocycles. The van der Waals surface area contributed by atoms with Gasteiger partial charge in [-0.25, -0.2) is 9.97 Å². The van der Waals surface area contributed by atoms with Crippen LogP contribution in [0.2, 0.25) is 0 Å². The van der Waals surface area contributed by atoms with Gasteiger partial charge in [0.05, 0.1) is 42.5 Å². The second-order valence-corrected chi connectivity index (χ2v) is 9.93. The largest absolute Gasteiger partial charge is 0.497 e. The number of aromatic amines is 2. The van der Waals surface area contributed by atoms with Crippen LogP contribution in [-0.2, 0) is 0 Å². The van der Waals surface area contributed by atoms with Gasteiger partial charge in [-0.2, -0.15) is 5.26 Å². The lowest BCUT2D eigenvalue weighted by molar-refractivity contribution is 0.415. The van der Waals surface area contributed by atoms with Crippen LogP contribution < -0.4 is 9.47 Å². The fraction of sp³-hybridized carbons (Fsp3) is 0.0571. The lowest BCUT2D eigenvalue weighted by Crippen LogP contribution is -1.89. The molecule has 7 rings (SSSR count). The van der Waals surface area contributed by atoms with Crippen molar-refractivity contribution in [2.75, 3.05) is 14.2 Å². The lowest BCUT2D eigenvalue weighted by Gasteiger charge is -2.06. The van der Waals surface area contributed by atoms with Gasteiger partial charge in [-0.1, -0.05) is 24.3 Å². The van der Waals surface area contributed by atoms with Gasteiger partial charge in [-0.3, -0.25) is 0 Å². The Kier molecular flexibility index (Phi) is 6.14. The molecule has 0 atom stereocenters. The topological polar surface area (TPSA) is 99.6 Å². The molecule has 0 aliphatic carbocycles. The number of H-pyrrole nitrogens is 2. The Morgan fingerprint density at radius 1 is 0.619 bits per heavy atom. The Balaban J connectivity index is 1.60. The molecule has 7 nitrogen and oxygen atoms in total. The average Bonchev–Trinajstić information content (AvgIpc) is 3.84. The van der Waals surface area contributed by atoms with E-state index in [0.717, 1.165) is 67.4 Å². The highest BCUT2D eigenvalue weighted by Gasteiger charge is 2.16. The van der Waals surface area contributed by atoms with Crippen LogP contribution in [0.25, 0.3) is 68.6 Å². The Morgan fingerprint density at radius 2 is 1.21 bits per heavy atom. The number of nitriles is 1. The number of benzene rings is 2. The van der Waals surface area contributed by atoms with Gasteiger partial charge in [-0.05, 0) is 90.0 Å². The third kappa shape index (κ3) is 4.41. The molecular formula is C35H25N5O2. The number of nitrogens with zero attached hydrogens (tertiary/aromatic N) is 3. The standard InChI is InChI=1S/C35H25N5O2/c1-41-25-7-3-5-21(17-25)34-30-11-9-23(37-30)19-24-10-12-31(38-24)35(22-6-4-8-26(18-22)42-2)33-16-14-29(40-33)27(20-36)28-13-15-32(34)39-28/h3-19,37,40H,1-2H3. The van der Waals surface area contributed by atoms with Crippen LogP contribution in [0.3, 0.4) is 0 Å². The van der Waals surface area contributed by atoms with Gasteiger partial charge in [0.15, 0.2) is 0 Å². The fourth-order valence-corrected chi connectivity index (χ4v) is 5.42. The predicted molar refractivity (Wildman–Crippen MR) is 168 cm³/mol. The number of ether oxygens (including phenoxy) is 2. The summed E-state index contributed by atoms with van der Waals surface area (Å²) in [7, 11) is 3.31. The van der Waals surface area contributed by atoms with Gasteiger partial charge in [-0.15, -0.1) is 0 Å². The second kappa shape index (κ2) is 10.3.